The van der Waals surface area contributed by atoms with Crippen molar-refractivity contribution in [2.75, 3.05) is 13.7 Å². The SMILES string of the molecule is CCOC(=O)c1nn2c(-c3ccc(OC)c(S(=O)NC4(C)CCC(O)CC4)c3)c(C)nc2s1. The molecule has 4 rings (SSSR count). The van der Waals surface area contributed by atoms with Crippen molar-refractivity contribution in [3.63, 3.8) is 0 Å². The number of rotatable bonds is 7. The molecule has 178 valence electrons. The molecule has 0 aliphatic heterocycles. The van der Waals surface area contributed by atoms with Gasteiger partial charge in [0.15, 0.2) is 0 Å². The first kappa shape index (κ1) is 23.8. The van der Waals surface area contributed by atoms with Crippen molar-refractivity contribution in [2.45, 2.75) is 63.0 Å². The van der Waals surface area contributed by atoms with Gasteiger partial charge in [-0.3, -0.25) is 0 Å². The van der Waals surface area contributed by atoms with E-state index >= 15 is 0 Å². The Hall–Kier alpha value is -2.34. The molecule has 0 saturated heterocycles. The van der Waals surface area contributed by atoms with E-state index in [0.29, 0.717) is 34.1 Å². The van der Waals surface area contributed by atoms with Crippen molar-refractivity contribution in [2.24, 2.45) is 0 Å². The molecule has 2 aromatic heterocycles. The summed E-state index contributed by atoms with van der Waals surface area (Å²) in [5, 5.41) is 14.5. The van der Waals surface area contributed by atoms with Crippen LogP contribution in [0.4, 0.5) is 0 Å². The Morgan fingerprint density at radius 1 is 1.39 bits per heavy atom. The standard InChI is InChI=1S/C22H28N4O5S2/c1-5-31-20(28)19-24-26-18(13(2)23-21(26)32-19)14-6-7-16(30-4)17(12-14)33(29)25-22(3)10-8-15(27)9-11-22/h6-7,12,15,25,27H,5,8-11H2,1-4H3. The largest absolute Gasteiger partial charge is 0.495 e. The van der Waals surface area contributed by atoms with Gasteiger partial charge in [0.1, 0.15) is 16.7 Å². The van der Waals surface area contributed by atoms with Crippen LogP contribution in [-0.2, 0) is 15.7 Å². The topological polar surface area (TPSA) is 115 Å². The van der Waals surface area contributed by atoms with Crippen LogP contribution in [0.25, 0.3) is 16.2 Å². The van der Waals surface area contributed by atoms with Crippen molar-refractivity contribution in [1.29, 1.82) is 0 Å². The molecule has 1 fully saturated rings. The Balaban J connectivity index is 1.69. The minimum absolute atomic E-state index is 0.229. The minimum Gasteiger partial charge on any atom is -0.495 e. The fraction of sp³-hybridized carbons (Fsp3) is 0.500. The highest BCUT2D eigenvalue weighted by Gasteiger charge is 2.32. The summed E-state index contributed by atoms with van der Waals surface area (Å²) in [5.74, 6) is 0.0242. The number of nitrogens with one attached hydrogen (secondary N) is 1. The van der Waals surface area contributed by atoms with E-state index in [1.807, 2.05) is 26.0 Å². The molecule has 1 atom stereocenters. The van der Waals surface area contributed by atoms with Crippen molar-refractivity contribution in [1.82, 2.24) is 19.3 Å². The number of esters is 1. The fourth-order valence-corrected chi connectivity index (χ4v) is 6.21. The normalized spacial score (nSPS) is 21.8. The lowest BCUT2D eigenvalue weighted by Crippen LogP contribution is -2.46. The van der Waals surface area contributed by atoms with E-state index in [0.717, 1.165) is 35.4 Å². The highest BCUT2D eigenvalue weighted by Crippen LogP contribution is 2.34. The van der Waals surface area contributed by atoms with Gasteiger partial charge in [0.2, 0.25) is 9.97 Å². The maximum absolute atomic E-state index is 13.4. The van der Waals surface area contributed by atoms with E-state index < -0.39 is 17.0 Å². The van der Waals surface area contributed by atoms with E-state index in [1.165, 1.54) is 0 Å². The third kappa shape index (κ3) is 4.81. The predicted octanol–water partition coefficient (Wildman–Crippen LogP) is 3.26. The molecule has 9 nitrogen and oxygen atoms in total. The number of ether oxygens (including phenoxy) is 2. The smallest absolute Gasteiger partial charge is 0.369 e. The number of carbonyl (C=O) groups excluding carboxylic acids is 1. The van der Waals surface area contributed by atoms with Crippen molar-refractivity contribution < 1.29 is 23.6 Å². The number of nitrogens with zero attached hydrogens (tertiary/aromatic N) is 3. The number of aliphatic hydroxyl groups is 1. The van der Waals surface area contributed by atoms with E-state index in [-0.39, 0.29) is 23.3 Å². The Bertz CT molecular complexity index is 1200. The summed E-state index contributed by atoms with van der Waals surface area (Å²) < 4.78 is 28.8. The van der Waals surface area contributed by atoms with Crippen LogP contribution in [0.5, 0.6) is 5.75 Å². The average molecular weight is 493 g/mol. The van der Waals surface area contributed by atoms with Crippen molar-refractivity contribution in [3.8, 4) is 17.0 Å². The van der Waals surface area contributed by atoms with Crippen LogP contribution in [0.2, 0.25) is 0 Å². The zero-order valence-corrected chi connectivity index (χ0v) is 20.7. The predicted molar refractivity (Wildman–Crippen MR) is 126 cm³/mol. The number of hydrogen-bond acceptors (Lipinski definition) is 8. The second-order valence-corrected chi connectivity index (χ2v) is 10.5. The molecular formula is C22H28N4O5S2. The molecule has 0 spiro atoms. The van der Waals surface area contributed by atoms with Crippen LogP contribution in [-0.4, -0.2) is 55.2 Å². The molecule has 33 heavy (non-hydrogen) atoms. The first-order valence-electron chi connectivity index (χ1n) is 10.8. The first-order chi connectivity index (χ1) is 15.7. The number of benzene rings is 1. The molecule has 1 aromatic carbocycles. The molecule has 0 radical (unpaired) electrons. The zero-order valence-electron chi connectivity index (χ0n) is 19.1. The van der Waals surface area contributed by atoms with Gasteiger partial charge in [-0.1, -0.05) is 11.3 Å². The molecule has 1 aliphatic carbocycles. The highest BCUT2D eigenvalue weighted by atomic mass is 32.2. The van der Waals surface area contributed by atoms with Crippen LogP contribution in [0, 0.1) is 6.92 Å². The number of imidazole rings is 1. The summed E-state index contributed by atoms with van der Waals surface area (Å²) in [5.41, 5.74) is 1.88. The number of aromatic nitrogens is 3. The van der Waals surface area contributed by atoms with Crippen molar-refractivity contribution >= 4 is 33.3 Å². The Labute approximate surface area is 198 Å². The number of aliphatic hydroxyl groups excluding tert-OH is 1. The van der Waals surface area contributed by atoms with Crippen LogP contribution in [0.15, 0.2) is 23.1 Å². The summed E-state index contributed by atoms with van der Waals surface area (Å²) in [7, 11) is 0.00610. The van der Waals surface area contributed by atoms with Gasteiger partial charge in [-0.2, -0.15) is 0 Å². The molecule has 0 bridgehead atoms. The van der Waals surface area contributed by atoms with Gasteiger partial charge in [0, 0.05) is 11.1 Å². The van der Waals surface area contributed by atoms with Crippen LogP contribution >= 0.6 is 11.3 Å². The lowest BCUT2D eigenvalue weighted by atomic mass is 9.83. The van der Waals surface area contributed by atoms with Gasteiger partial charge in [-0.05, 0) is 64.7 Å². The van der Waals surface area contributed by atoms with Gasteiger partial charge >= 0.3 is 5.97 Å². The third-order valence-corrected chi connectivity index (χ3v) is 8.15. The van der Waals surface area contributed by atoms with Crippen LogP contribution in [0.3, 0.4) is 0 Å². The molecular weight excluding hydrogens is 464 g/mol. The first-order valence-corrected chi connectivity index (χ1v) is 12.8. The number of fused-ring (bicyclic) bond motifs is 1. The maximum Gasteiger partial charge on any atom is 0.369 e. The zero-order chi connectivity index (χ0) is 23.8. The van der Waals surface area contributed by atoms with Crippen molar-refractivity contribution in [3.05, 3.63) is 28.9 Å². The second kappa shape index (κ2) is 9.49. The number of aryl methyl sites for hydroxylation is 1. The molecule has 1 aliphatic rings. The summed E-state index contributed by atoms with van der Waals surface area (Å²) in [4.78, 5) is 17.8. The molecule has 1 unspecified atom stereocenters. The average Bonchev–Trinajstić information content (AvgIpc) is 3.32. The summed E-state index contributed by atoms with van der Waals surface area (Å²) in [6.45, 7) is 5.92. The van der Waals surface area contributed by atoms with Gasteiger partial charge in [-0.25, -0.2) is 23.2 Å². The minimum atomic E-state index is -1.54. The fourth-order valence-electron chi connectivity index (χ4n) is 4.05. The molecule has 0 amide bonds. The summed E-state index contributed by atoms with van der Waals surface area (Å²) >= 11 is 1.16. The van der Waals surface area contributed by atoms with E-state index in [4.69, 9.17) is 9.47 Å². The number of methoxy groups -OCH3 is 1. The van der Waals surface area contributed by atoms with Gasteiger partial charge in [-0.15, -0.1) is 5.10 Å². The second-order valence-electron chi connectivity index (χ2n) is 8.40. The summed E-state index contributed by atoms with van der Waals surface area (Å²) in [6, 6.07) is 5.44. The molecule has 2 N–H and O–H groups in total. The Morgan fingerprint density at radius 3 is 2.79 bits per heavy atom. The van der Waals surface area contributed by atoms with E-state index in [2.05, 4.69) is 14.8 Å². The Morgan fingerprint density at radius 2 is 2.12 bits per heavy atom. The monoisotopic (exact) mass is 492 g/mol. The third-order valence-electron chi connectivity index (χ3n) is 5.86. The highest BCUT2D eigenvalue weighted by molar-refractivity contribution is 7.83. The number of hydrogen-bond donors (Lipinski definition) is 2. The molecule has 2 heterocycles. The van der Waals surface area contributed by atoms with Gasteiger partial charge in [0.05, 0.1) is 36.1 Å². The van der Waals surface area contributed by atoms with Gasteiger partial charge in [0.25, 0.3) is 0 Å². The quantitative estimate of drug-likeness (QED) is 0.487. The lowest BCUT2D eigenvalue weighted by Gasteiger charge is -2.36. The van der Waals surface area contributed by atoms with Crippen LogP contribution in [0.1, 0.15) is 55.0 Å². The lowest BCUT2D eigenvalue weighted by molar-refractivity contribution is 0.0524. The molecule has 11 heteroatoms. The summed E-state index contributed by atoms with van der Waals surface area (Å²) in [6.07, 6.45) is 2.53. The molecule has 1 saturated carbocycles. The Kier molecular flexibility index (Phi) is 6.85. The maximum atomic E-state index is 13.4. The molecule has 3 aromatic rings. The number of carbonyl (C=O) groups is 1. The van der Waals surface area contributed by atoms with Crippen LogP contribution < -0.4 is 9.46 Å². The van der Waals surface area contributed by atoms with E-state index in [9.17, 15) is 14.1 Å². The van der Waals surface area contributed by atoms with Gasteiger partial charge < -0.3 is 14.6 Å². The van der Waals surface area contributed by atoms with E-state index in [1.54, 1.807) is 24.6 Å².